The predicted molar refractivity (Wildman–Crippen MR) is 162 cm³/mol. The fourth-order valence-electron chi connectivity index (χ4n) is 4.36. The molecule has 0 radical (unpaired) electrons. The van der Waals surface area contributed by atoms with Crippen LogP contribution in [-0.4, -0.2) is 19.0 Å². The fourth-order valence-corrected chi connectivity index (χ4v) is 4.36. The molecule has 0 spiro atoms. The standard InChI is InChI=1S/C35H54O3/c1-13-32(5,6)25-17-19-30(28(21-25)34(9,10)15-3)37-23-27(36)24-38-31-20-18-26(33(7,8)14-2)22-29(31)35(11,12)16-4/h17-22H,13-16,23-24H2,1-12H3. The summed E-state index contributed by atoms with van der Waals surface area (Å²) in [6.45, 7) is 26.9. The summed E-state index contributed by atoms with van der Waals surface area (Å²) >= 11 is 0. The van der Waals surface area contributed by atoms with Crippen LogP contribution in [0, 0.1) is 0 Å². The Balaban J connectivity index is 2.23. The molecule has 2 aromatic rings. The maximum absolute atomic E-state index is 12.9. The molecule has 0 aromatic heterocycles. The molecular weight excluding hydrogens is 468 g/mol. The Hall–Kier alpha value is -2.29. The van der Waals surface area contributed by atoms with Crippen molar-refractivity contribution in [3.8, 4) is 11.5 Å². The van der Waals surface area contributed by atoms with E-state index in [0.29, 0.717) is 0 Å². The van der Waals surface area contributed by atoms with Gasteiger partial charge in [-0.3, -0.25) is 4.79 Å². The summed E-state index contributed by atoms with van der Waals surface area (Å²) in [6, 6.07) is 12.9. The van der Waals surface area contributed by atoms with Crippen LogP contribution in [0.1, 0.15) is 131 Å². The highest BCUT2D eigenvalue weighted by molar-refractivity contribution is 5.81. The fraction of sp³-hybridized carbons (Fsp3) is 0.629. The van der Waals surface area contributed by atoms with E-state index in [1.807, 2.05) is 12.1 Å². The highest BCUT2D eigenvalue weighted by atomic mass is 16.5. The first-order chi connectivity index (χ1) is 17.5. The van der Waals surface area contributed by atoms with Crippen molar-refractivity contribution < 1.29 is 14.3 Å². The lowest BCUT2D eigenvalue weighted by molar-refractivity contribution is -0.123. The normalized spacial score (nSPS) is 12.9. The Labute approximate surface area is 233 Å². The summed E-state index contributed by atoms with van der Waals surface area (Å²) in [5, 5.41) is 0. The molecule has 0 bridgehead atoms. The molecule has 3 heteroatoms. The monoisotopic (exact) mass is 522 g/mol. The van der Waals surface area contributed by atoms with E-state index in [-0.39, 0.29) is 40.7 Å². The van der Waals surface area contributed by atoms with Gasteiger partial charge in [-0.2, -0.15) is 0 Å². The molecule has 2 aromatic carbocycles. The Bertz CT molecular complexity index is 1000. The minimum absolute atomic E-state index is 0.00321. The molecule has 212 valence electrons. The van der Waals surface area contributed by atoms with Crippen LogP contribution in [0.4, 0.5) is 0 Å². The van der Waals surface area contributed by atoms with Gasteiger partial charge in [-0.25, -0.2) is 0 Å². The molecule has 0 saturated carbocycles. The first-order valence-electron chi connectivity index (χ1n) is 14.6. The topological polar surface area (TPSA) is 35.5 Å². The maximum Gasteiger partial charge on any atom is 0.207 e. The second kappa shape index (κ2) is 12.3. The second-order valence-electron chi connectivity index (χ2n) is 13.5. The zero-order valence-corrected chi connectivity index (χ0v) is 26.4. The largest absolute Gasteiger partial charge is 0.485 e. The number of hydrogen-bond acceptors (Lipinski definition) is 3. The quantitative estimate of drug-likeness (QED) is 0.248. The molecule has 0 aliphatic carbocycles. The van der Waals surface area contributed by atoms with Crippen LogP contribution in [0.3, 0.4) is 0 Å². The molecule has 0 atom stereocenters. The van der Waals surface area contributed by atoms with Crippen molar-refractivity contribution in [2.45, 2.75) is 130 Å². The Morgan fingerprint density at radius 3 is 1.16 bits per heavy atom. The van der Waals surface area contributed by atoms with E-state index in [4.69, 9.17) is 9.47 Å². The van der Waals surface area contributed by atoms with Crippen LogP contribution in [0.15, 0.2) is 36.4 Å². The molecule has 0 saturated heterocycles. The minimum atomic E-state index is -0.0681. The van der Waals surface area contributed by atoms with Crippen LogP contribution in [-0.2, 0) is 26.5 Å². The summed E-state index contributed by atoms with van der Waals surface area (Å²) < 4.78 is 12.3. The van der Waals surface area contributed by atoms with Crippen LogP contribution in [0.25, 0.3) is 0 Å². The third-order valence-electron chi connectivity index (χ3n) is 9.29. The number of hydrogen-bond donors (Lipinski definition) is 0. The van der Waals surface area contributed by atoms with Crippen molar-refractivity contribution in [2.24, 2.45) is 0 Å². The molecule has 3 nitrogen and oxygen atoms in total. The summed E-state index contributed by atoms with van der Waals surface area (Å²) in [4.78, 5) is 12.9. The zero-order chi connectivity index (χ0) is 28.9. The maximum atomic E-state index is 12.9. The van der Waals surface area contributed by atoms with Crippen LogP contribution in [0.5, 0.6) is 11.5 Å². The van der Waals surface area contributed by atoms with Crippen molar-refractivity contribution in [2.75, 3.05) is 13.2 Å². The van der Waals surface area contributed by atoms with E-state index in [2.05, 4.69) is 107 Å². The Morgan fingerprint density at radius 1 is 0.553 bits per heavy atom. The number of ether oxygens (including phenoxy) is 2. The van der Waals surface area contributed by atoms with E-state index in [1.54, 1.807) is 0 Å². The molecule has 0 unspecified atom stereocenters. The van der Waals surface area contributed by atoms with Gasteiger partial charge < -0.3 is 9.47 Å². The van der Waals surface area contributed by atoms with Gasteiger partial charge in [-0.05, 0) is 70.6 Å². The zero-order valence-electron chi connectivity index (χ0n) is 26.4. The van der Waals surface area contributed by atoms with E-state index in [9.17, 15) is 4.79 Å². The third-order valence-corrected chi connectivity index (χ3v) is 9.29. The molecule has 0 N–H and O–H groups in total. The lowest BCUT2D eigenvalue weighted by Crippen LogP contribution is -2.25. The third kappa shape index (κ3) is 7.42. The molecule has 0 aliphatic heterocycles. The van der Waals surface area contributed by atoms with Gasteiger partial charge >= 0.3 is 0 Å². The molecule has 0 aliphatic rings. The van der Waals surface area contributed by atoms with Crippen molar-refractivity contribution in [3.63, 3.8) is 0 Å². The first kappa shape index (κ1) is 31.9. The van der Waals surface area contributed by atoms with Crippen LogP contribution >= 0.6 is 0 Å². The second-order valence-corrected chi connectivity index (χ2v) is 13.5. The van der Waals surface area contributed by atoms with Gasteiger partial charge in [-0.1, -0.05) is 107 Å². The van der Waals surface area contributed by atoms with E-state index in [0.717, 1.165) is 48.3 Å². The average Bonchev–Trinajstić information content (AvgIpc) is 2.90. The molecule has 2 rings (SSSR count). The van der Waals surface area contributed by atoms with Gasteiger partial charge in [0.25, 0.3) is 0 Å². The van der Waals surface area contributed by atoms with Gasteiger partial charge in [0.05, 0.1) is 0 Å². The summed E-state index contributed by atoms with van der Waals surface area (Å²) in [7, 11) is 0. The molecule has 0 heterocycles. The highest BCUT2D eigenvalue weighted by Gasteiger charge is 2.28. The Morgan fingerprint density at radius 2 is 0.868 bits per heavy atom. The van der Waals surface area contributed by atoms with E-state index in [1.165, 1.54) is 11.1 Å². The van der Waals surface area contributed by atoms with Crippen molar-refractivity contribution >= 4 is 5.78 Å². The van der Waals surface area contributed by atoms with Crippen molar-refractivity contribution in [3.05, 3.63) is 58.7 Å². The predicted octanol–water partition coefficient (Wildman–Crippen LogP) is 9.46. The van der Waals surface area contributed by atoms with Crippen molar-refractivity contribution in [1.82, 2.24) is 0 Å². The lowest BCUT2D eigenvalue weighted by Gasteiger charge is -2.30. The SMILES string of the molecule is CCC(C)(C)c1ccc(OCC(=O)COc2ccc(C(C)(C)CC)cc2C(C)(C)CC)c(C(C)(C)CC)c1. The van der Waals surface area contributed by atoms with Gasteiger partial charge in [0.2, 0.25) is 5.78 Å². The molecule has 38 heavy (non-hydrogen) atoms. The number of ketones is 1. The molecular formula is C35H54O3. The van der Waals surface area contributed by atoms with Gasteiger partial charge in [0.1, 0.15) is 11.5 Å². The number of rotatable bonds is 14. The molecule has 0 amide bonds. The average molecular weight is 523 g/mol. The van der Waals surface area contributed by atoms with Gasteiger partial charge in [0.15, 0.2) is 13.2 Å². The summed E-state index contributed by atoms with van der Waals surface area (Å²) in [5.74, 6) is 1.51. The summed E-state index contributed by atoms with van der Waals surface area (Å²) in [5.41, 5.74) is 5.01. The van der Waals surface area contributed by atoms with Gasteiger partial charge in [0, 0.05) is 11.1 Å². The lowest BCUT2D eigenvalue weighted by atomic mass is 9.76. The first-order valence-corrected chi connectivity index (χ1v) is 14.6. The van der Waals surface area contributed by atoms with E-state index < -0.39 is 0 Å². The number of Topliss-reactive ketones (excluding diaryl/α,β-unsaturated/α-hetero) is 1. The summed E-state index contributed by atoms with van der Waals surface area (Å²) in [6.07, 6.45) is 4.08. The van der Waals surface area contributed by atoms with Crippen molar-refractivity contribution in [1.29, 1.82) is 0 Å². The van der Waals surface area contributed by atoms with Gasteiger partial charge in [-0.15, -0.1) is 0 Å². The van der Waals surface area contributed by atoms with E-state index >= 15 is 0 Å². The number of carbonyl (C=O) groups is 1. The highest BCUT2D eigenvalue weighted by Crippen LogP contribution is 2.40. The van der Waals surface area contributed by atoms with Crippen LogP contribution < -0.4 is 9.47 Å². The number of carbonyl (C=O) groups excluding carboxylic acids is 1. The van der Waals surface area contributed by atoms with Crippen LogP contribution in [0.2, 0.25) is 0 Å². The Kier molecular flexibility index (Phi) is 10.3. The smallest absolute Gasteiger partial charge is 0.207 e. The number of benzene rings is 2. The molecule has 0 fully saturated rings. The minimum Gasteiger partial charge on any atom is -0.485 e.